The van der Waals surface area contributed by atoms with Crippen LogP contribution in [0.3, 0.4) is 0 Å². The fourth-order valence-corrected chi connectivity index (χ4v) is 1.56. The fourth-order valence-electron chi connectivity index (χ4n) is 1.30. The van der Waals surface area contributed by atoms with E-state index >= 15 is 0 Å². The zero-order valence-electron chi connectivity index (χ0n) is 8.16. The Hall–Kier alpha value is -1.13. The predicted molar refractivity (Wildman–Crippen MR) is 56.7 cm³/mol. The molecule has 0 aromatic heterocycles. The summed E-state index contributed by atoms with van der Waals surface area (Å²) in [5, 5.41) is 0.507. The van der Waals surface area contributed by atoms with E-state index in [9.17, 15) is 0 Å². The van der Waals surface area contributed by atoms with Gasteiger partial charge in [-0.2, -0.15) is 0 Å². The van der Waals surface area contributed by atoms with E-state index in [1.165, 1.54) is 0 Å². The summed E-state index contributed by atoms with van der Waals surface area (Å²) in [6.45, 7) is 1.39. The molecule has 5 heteroatoms. The summed E-state index contributed by atoms with van der Waals surface area (Å²) < 4.78 is 15.8. The van der Waals surface area contributed by atoms with Crippen LogP contribution in [0.5, 0.6) is 17.2 Å². The average molecular weight is 230 g/mol. The highest BCUT2D eigenvalue weighted by molar-refractivity contribution is 6.32. The van der Waals surface area contributed by atoms with Crippen LogP contribution < -0.4 is 19.9 Å². The Morgan fingerprint density at radius 1 is 1.40 bits per heavy atom. The summed E-state index contributed by atoms with van der Waals surface area (Å²) in [6.07, 6.45) is 0.812. The van der Waals surface area contributed by atoms with Crippen LogP contribution in [0.4, 0.5) is 0 Å². The van der Waals surface area contributed by atoms with Gasteiger partial charge in [-0.15, -0.1) is 0 Å². The van der Waals surface area contributed by atoms with Gasteiger partial charge in [0.2, 0.25) is 6.79 Å². The highest BCUT2D eigenvalue weighted by Gasteiger charge is 2.18. The van der Waals surface area contributed by atoms with Crippen LogP contribution in [-0.4, -0.2) is 19.9 Å². The van der Waals surface area contributed by atoms with Crippen LogP contribution >= 0.6 is 11.6 Å². The van der Waals surface area contributed by atoms with E-state index in [-0.39, 0.29) is 6.79 Å². The third-order valence-corrected chi connectivity index (χ3v) is 2.30. The van der Waals surface area contributed by atoms with E-state index in [4.69, 9.17) is 31.5 Å². The second-order valence-electron chi connectivity index (χ2n) is 3.13. The van der Waals surface area contributed by atoms with Crippen LogP contribution in [0.25, 0.3) is 0 Å². The van der Waals surface area contributed by atoms with Gasteiger partial charge in [-0.05, 0) is 13.0 Å². The van der Waals surface area contributed by atoms with Crippen molar-refractivity contribution in [3.05, 3.63) is 17.2 Å². The van der Waals surface area contributed by atoms with Gasteiger partial charge in [-0.25, -0.2) is 0 Å². The lowest BCUT2D eigenvalue weighted by atomic mass is 10.3. The number of rotatable bonds is 4. The molecule has 1 aliphatic rings. The molecule has 1 aromatic rings. The molecule has 2 N–H and O–H groups in total. The minimum atomic E-state index is 0.210. The molecule has 0 spiro atoms. The number of halogens is 1. The minimum Gasteiger partial charge on any atom is -0.493 e. The van der Waals surface area contributed by atoms with Gasteiger partial charge in [-0.3, -0.25) is 0 Å². The van der Waals surface area contributed by atoms with E-state index in [0.717, 1.165) is 6.42 Å². The molecule has 0 saturated carbocycles. The molecule has 0 unspecified atom stereocenters. The van der Waals surface area contributed by atoms with Gasteiger partial charge in [0.05, 0.1) is 11.6 Å². The number of fused-ring (bicyclic) bond motifs is 1. The first kappa shape index (κ1) is 10.4. The molecule has 0 aliphatic carbocycles. The number of hydrogen-bond donors (Lipinski definition) is 1. The Bertz CT molecular complexity index is 357. The molecule has 4 nitrogen and oxygen atoms in total. The molecule has 1 heterocycles. The first-order chi connectivity index (χ1) is 7.31. The lowest BCUT2D eigenvalue weighted by Gasteiger charge is -2.07. The van der Waals surface area contributed by atoms with Crippen LogP contribution in [0.2, 0.25) is 5.02 Å². The van der Waals surface area contributed by atoms with Crippen LogP contribution in [0.1, 0.15) is 6.42 Å². The summed E-state index contributed by atoms with van der Waals surface area (Å²) in [5.74, 6) is 1.89. The maximum Gasteiger partial charge on any atom is 0.231 e. The molecular formula is C10H12ClNO3. The molecule has 0 fully saturated rings. The first-order valence-electron chi connectivity index (χ1n) is 4.73. The smallest absolute Gasteiger partial charge is 0.231 e. The standard InChI is InChI=1S/C10H12ClNO3/c11-8-4-7(13-3-1-2-12)5-9-10(8)15-6-14-9/h4-5H,1-3,6,12H2. The molecule has 1 aliphatic heterocycles. The summed E-state index contributed by atoms with van der Waals surface area (Å²) in [4.78, 5) is 0. The third-order valence-electron chi connectivity index (χ3n) is 2.02. The second-order valence-corrected chi connectivity index (χ2v) is 3.54. The molecule has 0 amide bonds. The average Bonchev–Trinajstić information content (AvgIpc) is 2.66. The Kier molecular flexibility index (Phi) is 3.18. The van der Waals surface area contributed by atoms with Crippen molar-refractivity contribution in [2.45, 2.75) is 6.42 Å². The largest absolute Gasteiger partial charge is 0.493 e. The van der Waals surface area contributed by atoms with E-state index < -0.39 is 0 Å². The third kappa shape index (κ3) is 2.27. The van der Waals surface area contributed by atoms with E-state index in [1.807, 2.05) is 0 Å². The normalized spacial score (nSPS) is 12.9. The van der Waals surface area contributed by atoms with E-state index in [1.54, 1.807) is 12.1 Å². The van der Waals surface area contributed by atoms with Crippen molar-refractivity contribution in [2.75, 3.05) is 19.9 Å². The summed E-state index contributed by atoms with van der Waals surface area (Å²) in [5.41, 5.74) is 5.36. The lowest BCUT2D eigenvalue weighted by Crippen LogP contribution is -2.06. The van der Waals surface area contributed by atoms with Crippen molar-refractivity contribution in [2.24, 2.45) is 5.73 Å². The van der Waals surface area contributed by atoms with E-state index in [0.29, 0.717) is 35.4 Å². The summed E-state index contributed by atoms with van der Waals surface area (Å²) in [7, 11) is 0. The molecule has 1 aromatic carbocycles. The van der Waals surface area contributed by atoms with Gasteiger partial charge in [0.25, 0.3) is 0 Å². The van der Waals surface area contributed by atoms with Crippen LogP contribution in [-0.2, 0) is 0 Å². The topological polar surface area (TPSA) is 53.7 Å². The summed E-state index contributed by atoms with van der Waals surface area (Å²) in [6, 6.07) is 3.48. The SMILES string of the molecule is NCCCOc1cc(Cl)c2c(c1)OCO2. The van der Waals surface area contributed by atoms with Crippen molar-refractivity contribution in [1.29, 1.82) is 0 Å². The Balaban J connectivity index is 2.09. The maximum atomic E-state index is 5.98. The monoisotopic (exact) mass is 229 g/mol. The lowest BCUT2D eigenvalue weighted by molar-refractivity contribution is 0.174. The van der Waals surface area contributed by atoms with Gasteiger partial charge in [-0.1, -0.05) is 11.6 Å². The second kappa shape index (κ2) is 4.59. The van der Waals surface area contributed by atoms with Crippen molar-refractivity contribution < 1.29 is 14.2 Å². The Morgan fingerprint density at radius 3 is 3.07 bits per heavy atom. The van der Waals surface area contributed by atoms with Crippen LogP contribution in [0, 0.1) is 0 Å². The number of ether oxygens (including phenoxy) is 3. The van der Waals surface area contributed by atoms with Crippen LogP contribution in [0.15, 0.2) is 12.1 Å². The molecule has 2 rings (SSSR count). The quantitative estimate of drug-likeness (QED) is 0.800. The van der Waals surface area contributed by atoms with Gasteiger partial charge in [0.1, 0.15) is 5.75 Å². The molecule has 15 heavy (non-hydrogen) atoms. The molecule has 0 saturated heterocycles. The van der Waals surface area contributed by atoms with Gasteiger partial charge >= 0.3 is 0 Å². The molecule has 82 valence electrons. The van der Waals surface area contributed by atoms with Gasteiger partial charge in [0, 0.05) is 12.1 Å². The zero-order chi connectivity index (χ0) is 10.7. The maximum absolute atomic E-state index is 5.98. The molecule has 0 atom stereocenters. The van der Waals surface area contributed by atoms with E-state index in [2.05, 4.69) is 0 Å². The molecule has 0 radical (unpaired) electrons. The highest BCUT2D eigenvalue weighted by atomic mass is 35.5. The number of nitrogens with two attached hydrogens (primary N) is 1. The fraction of sp³-hybridized carbons (Fsp3) is 0.400. The molecule has 0 bridgehead atoms. The summed E-state index contributed by atoms with van der Waals surface area (Å²) >= 11 is 5.98. The Labute approximate surface area is 92.9 Å². The minimum absolute atomic E-state index is 0.210. The van der Waals surface area contributed by atoms with Crippen molar-refractivity contribution in [1.82, 2.24) is 0 Å². The Morgan fingerprint density at radius 2 is 2.27 bits per heavy atom. The number of hydrogen-bond acceptors (Lipinski definition) is 4. The van der Waals surface area contributed by atoms with Gasteiger partial charge < -0.3 is 19.9 Å². The highest BCUT2D eigenvalue weighted by Crippen LogP contribution is 2.41. The molecular weight excluding hydrogens is 218 g/mol. The zero-order valence-corrected chi connectivity index (χ0v) is 8.92. The first-order valence-corrected chi connectivity index (χ1v) is 5.11. The number of benzene rings is 1. The van der Waals surface area contributed by atoms with Crippen molar-refractivity contribution in [3.63, 3.8) is 0 Å². The van der Waals surface area contributed by atoms with Crippen molar-refractivity contribution in [3.8, 4) is 17.2 Å². The predicted octanol–water partition coefficient (Wildman–Crippen LogP) is 1.80. The van der Waals surface area contributed by atoms with Gasteiger partial charge in [0.15, 0.2) is 11.5 Å². The van der Waals surface area contributed by atoms with Crippen molar-refractivity contribution >= 4 is 11.6 Å².